The molecule has 0 aliphatic carbocycles. The van der Waals surface area contributed by atoms with Crippen molar-refractivity contribution in [3.63, 3.8) is 0 Å². The molecule has 0 spiro atoms. The molecule has 2 N–H and O–H groups in total. The number of hydrogen-bond donors (Lipinski definition) is 2. The van der Waals surface area contributed by atoms with E-state index < -0.39 is 0 Å². The highest BCUT2D eigenvalue weighted by molar-refractivity contribution is 5.89. The van der Waals surface area contributed by atoms with Crippen LogP contribution < -0.4 is 10.2 Å². The average molecular weight is 230 g/mol. The molecule has 1 aliphatic heterocycles. The fourth-order valence-electron chi connectivity index (χ4n) is 2.75. The number of H-pyrrole nitrogens is 1. The van der Waals surface area contributed by atoms with E-state index in [0.717, 1.165) is 18.7 Å². The van der Waals surface area contributed by atoms with Crippen LogP contribution in [0.1, 0.15) is 13.8 Å². The quantitative estimate of drug-likeness (QED) is 0.784. The van der Waals surface area contributed by atoms with E-state index >= 15 is 0 Å². The van der Waals surface area contributed by atoms with E-state index in [1.807, 2.05) is 12.4 Å². The fraction of sp³-hybridized carbons (Fsp3) is 0.462. The van der Waals surface area contributed by atoms with E-state index in [1.54, 1.807) is 0 Å². The molecule has 1 saturated heterocycles. The molecular weight excluding hydrogens is 212 g/mol. The summed E-state index contributed by atoms with van der Waals surface area (Å²) < 4.78 is 0. The maximum Gasteiger partial charge on any atom is 0.139 e. The first kappa shape index (κ1) is 10.6. The van der Waals surface area contributed by atoms with Gasteiger partial charge in [0.25, 0.3) is 0 Å². The van der Waals surface area contributed by atoms with Gasteiger partial charge in [-0.15, -0.1) is 0 Å². The number of pyridine rings is 1. The number of nitrogens with one attached hydrogen (secondary N) is 2. The summed E-state index contributed by atoms with van der Waals surface area (Å²) in [6.45, 7) is 6.57. The summed E-state index contributed by atoms with van der Waals surface area (Å²) in [7, 11) is 0. The monoisotopic (exact) mass is 230 g/mol. The molecule has 0 amide bonds. The summed E-state index contributed by atoms with van der Waals surface area (Å²) in [5.74, 6) is 0. The first-order chi connectivity index (χ1) is 8.24. The van der Waals surface area contributed by atoms with E-state index in [9.17, 15) is 0 Å². The van der Waals surface area contributed by atoms with Gasteiger partial charge < -0.3 is 15.2 Å². The van der Waals surface area contributed by atoms with E-state index in [0.29, 0.717) is 12.1 Å². The van der Waals surface area contributed by atoms with Crippen LogP contribution in [0, 0.1) is 0 Å². The van der Waals surface area contributed by atoms with Crippen LogP contribution in [-0.4, -0.2) is 35.1 Å². The van der Waals surface area contributed by atoms with E-state index in [2.05, 4.69) is 46.2 Å². The maximum absolute atomic E-state index is 4.34. The molecule has 2 aromatic heterocycles. The molecule has 0 radical (unpaired) electrons. The Labute approximate surface area is 101 Å². The van der Waals surface area contributed by atoms with E-state index in [-0.39, 0.29) is 0 Å². The number of piperazine rings is 1. The lowest BCUT2D eigenvalue weighted by atomic mass is 10.1. The Morgan fingerprint density at radius 1 is 1.24 bits per heavy atom. The second-order valence-electron chi connectivity index (χ2n) is 4.94. The average Bonchev–Trinajstić information content (AvgIpc) is 2.75. The first-order valence-electron chi connectivity index (χ1n) is 6.17. The second-order valence-corrected chi connectivity index (χ2v) is 4.94. The molecule has 4 nitrogen and oxygen atoms in total. The second kappa shape index (κ2) is 4.04. The predicted molar refractivity (Wildman–Crippen MR) is 70.4 cm³/mol. The van der Waals surface area contributed by atoms with Crippen molar-refractivity contribution in [1.82, 2.24) is 15.3 Å². The van der Waals surface area contributed by atoms with Gasteiger partial charge in [0.2, 0.25) is 0 Å². The first-order valence-corrected chi connectivity index (χ1v) is 6.17. The van der Waals surface area contributed by atoms with Crippen molar-refractivity contribution in [2.45, 2.75) is 25.9 Å². The fourth-order valence-corrected chi connectivity index (χ4v) is 2.75. The zero-order chi connectivity index (χ0) is 11.8. The summed E-state index contributed by atoms with van der Waals surface area (Å²) >= 11 is 0. The molecular formula is C13H18N4. The molecule has 0 saturated carbocycles. The Kier molecular flexibility index (Phi) is 2.52. The molecule has 0 bridgehead atoms. The van der Waals surface area contributed by atoms with Gasteiger partial charge in [0.05, 0.1) is 0 Å². The van der Waals surface area contributed by atoms with Crippen LogP contribution in [0.3, 0.4) is 0 Å². The molecule has 0 aromatic carbocycles. The lowest BCUT2D eigenvalue weighted by Crippen LogP contribution is -2.54. The van der Waals surface area contributed by atoms with Gasteiger partial charge in [-0.05, 0) is 26.0 Å². The van der Waals surface area contributed by atoms with Gasteiger partial charge in [0.1, 0.15) is 5.65 Å². The van der Waals surface area contributed by atoms with E-state index in [1.165, 1.54) is 11.1 Å². The highest BCUT2D eigenvalue weighted by Gasteiger charge is 2.22. The normalized spacial score (nSPS) is 25.4. The van der Waals surface area contributed by atoms with Gasteiger partial charge in [-0.3, -0.25) is 0 Å². The smallest absolute Gasteiger partial charge is 0.139 e. The standard InChI is InChI=1S/C13H18N4/c1-9-7-17(8-10(2)16-9)12-4-6-15-13-11(12)3-5-14-13/h3-6,9-10,16H,7-8H2,1-2H3,(H,14,15). The van der Waals surface area contributed by atoms with E-state index in [4.69, 9.17) is 0 Å². The maximum atomic E-state index is 4.34. The van der Waals surface area contributed by atoms with Crippen molar-refractivity contribution in [3.8, 4) is 0 Å². The van der Waals surface area contributed by atoms with Gasteiger partial charge >= 0.3 is 0 Å². The van der Waals surface area contributed by atoms with Crippen LogP contribution >= 0.6 is 0 Å². The Balaban J connectivity index is 2.00. The lowest BCUT2D eigenvalue weighted by molar-refractivity contribution is 0.407. The van der Waals surface area contributed by atoms with Crippen molar-refractivity contribution in [2.75, 3.05) is 18.0 Å². The minimum atomic E-state index is 0.529. The van der Waals surface area contributed by atoms with Gasteiger partial charge in [0, 0.05) is 48.6 Å². The van der Waals surface area contributed by atoms with Crippen LogP contribution in [0.5, 0.6) is 0 Å². The molecule has 1 aliphatic rings. The summed E-state index contributed by atoms with van der Waals surface area (Å²) in [4.78, 5) is 9.95. The summed E-state index contributed by atoms with van der Waals surface area (Å²) in [5.41, 5.74) is 2.26. The topological polar surface area (TPSA) is 44.0 Å². The van der Waals surface area contributed by atoms with Crippen molar-refractivity contribution >= 4 is 16.7 Å². The molecule has 2 unspecified atom stereocenters. The highest BCUT2D eigenvalue weighted by Crippen LogP contribution is 2.26. The summed E-state index contributed by atoms with van der Waals surface area (Å²) in [6, 6.07) is 5.28. The Morgan fingerprint density at radius 3 is 2.76 bits per heavy atom. The van der Waals surface area contributed by atoms with Gasteiger partial charge in [0.15, 0.2) is 0 Å². The lowest BCUT2D eigenvalue weighted by Gasteiger charge is -2.37. The molecule has 3 heterocycles. The highest BCUT2D eigenvalue weighted by atomic mass is 15.2. The molecule has 3 rings (SSSR count). The summed E-state index contributed by atoms with van der Waals surface area (Å²) in [6.07, 6.45) is 3.84. The van der Waals surface area contributed by atoms with Gasteiger partial charge in [-0.1, -0.05) is 0 Å². The third-order valence-electron chi connectivity index (χ3n) is 3.34. The van der Waals surface area contributed by atoms with Crippen LogP contribution in [0.4, 0.5) is 5.69 Å². The number of hydrogen-bond acceptors (Lipinski definition) is 3. The van der Waals surface area contributed by atoms with Crippen molar-refractivity contribution in [2.24, 2.45) is 0 Å². The number of rotatable bonds is 1. The number of fused-ring (bicyclic) bond motifs is 1. The van der Waals surface area contributed by atoms with Gasteiger partial charge in [-0.2, -0.15) is 0 Å². The Bertz CT molecular complexity index is 509. The van der Waals surface area contributed by atoms with Gasteiger partial charge in [-0.25, -0.2) is 4.98 Å². The molecule has 4 heteroatoms. The number of nitrogens with zero attached hydrogens (tertiary/aromatic N) is 2. The van der Waals surface area contributed by atoms with Crippen LogP contribution in [0.15, 0.2) is 24.5 Å². The molecule has 1 fully saturated rings. The zero-order valence-electron chi connectivity index (χ0n) is 10.3. The minimum absolute atomic E-state index is 0.529. The number of aromatic nitrogens is 2. The Morgan fingerprint density at radius 2 is 2.00 bits per heavy atom. The number of anilines is 1. The van der Waals surface area contributed by atoms with Crippen molar-refractivity contribution in [3.05, 3.63) is 24.5 Å². The molecule has 2 aromatic rings. The third kappa shape index (κ3) is 1.89. The van der Waals surface area contributed by atoms with Crippen LogP contribution in [0.25, 0.3) is 11.0 Å². The van der Waals surface area contributed by atoms with Crippen LogP contribution in [-0.2, 0) is 0 Å². The zero-order valence-corrected chi connectivity index (χ0v) is 10.3. The Hall–Kier alpha value is -1.55. The SMILES string of the molecule is CC1CN(c2ccnc3[nH]ccc23)CC(C)N1. The van der Waals surface area contributed by atoms with Crippen LogP contribution in [0.2, 0.25) is 0 Å². The molecule has 17 heavy (non-hydrogen) atoms. The predicted octanol–water partition coefficient (Wildman–Crippen LogP) is 1.75. The van der Waals surface area contributed by atoms with Crippen molar-refractivity contribution < 1.29 is 0 Å². The molecule has 90 valence electrons. The third-order valence-corrected chi connectivity index (χ3v) is 3.34. The summed E-state index contributed by atoms with van der Waals surface area (Å²) in [5, 5.41) is 4.77. The number of aromatic amines is 1. The minimum Gasteiger partial charge on any atom is -0.368 e. The van der Waals surface area contributed by atoms with Crippen molar-refractivity contribution in [1.29, 1.82) is 0 Å². The largest absolute Gasteiger partial charge is 0.368 e. The molecule has 2 atom stereocenters.